The largest absolute Gasteiger partial charge is 0.353 e. The van der Waals surface area contributed by atoms with Crippen LogP contribution in [0.15, 0.2) is 30.5 Å². The second kappa shape index (κ2) is 5.57. The van der Waals surface area contributed by atoms with Gasteiger partial charge in [-0.25, -0.2) is 19.6 Å². The van der Waals surface area contributed by atoms with Crippen LogP contribution in [0.5, 0.6) is 0 Å². The Morgan fingerprint density at radius 1 is 1.37 bits per heavy atom. The lowest BCUT2D eigenvalue weighted by atomic mass is 10.2. The van der Waals surface area contributed by atoms with Crippen molar-refractivity contribution in [3.63, 3.8) is 0 Å². The second-order valence-corrected chi connectivity index (χ2v) is 4.00. The lowest BCUT2D eigenvalue weighted by molar-refractivity contribution is 0.606. The number of hydrogen-bond donors (Lipinski definition) is 2. The molecule has 0 aliphatic heterocycles. The molecule has 0 amide bonds. The van der Waals surface area contributed by atoms with Crippen molar-refractivity contribution in [2.24, 2.45) is 5.84 Å². The van der Waals surface area contributed by atoms with Gasteiger partial charge in [0.25, 0.3) is 0 Å². The zero-order valence-corrected chi connectivity index (χ0v) is 10.3. The molecule has 0 saturated carbocycles. The number of rotatable bonds is 4. The third kappa shape index (κ3) is 3.14. The lowest BCUT2D eigenvalue weighted by Gasteiger charge is -2.19. The molecular formula is C12H13F2N5. The van der Waals surface area contributed by atoms with E-state index < -0.39 is 5.82 Å². The Bertz CT molecular complexity index is 576. The first-order valence-corrected chi connectivity index (χ1v) is 5.55. The van der Waals surface area contributed by atoms with Crippen LogP contribution in [0.25, 0.3) is 0 Å². The predicted octanol–water partition coefficient (Wildman–Crippen LogP) is 1.68. The van der Waals surface area contributed by atoms with Crippen molar-refractivity contribution >= 4 is 11.8 Å². The van der Waals surface area contributed by atoms with E-state index in [0.29, 0.717) is 12.1 Å². The maximum Gasteiger partial charge on any atom is 0.239 e. The summed E-state index contributed by atoms with van der Waals surface area (Å²) in [7, 11) is 1.65. The number of benzene rings is 1. The Morgan fingerprint density at radius 2 is 2.16 bits per heavy atom. The molecule has 7 heteroatoms. The molecule has 0 fully saturated rings. The topological polar surface area (TPSA) is 67.1 Å². The van der Waals surface area contributed by atoms with Crippen molar-refractivity contribution in [1.82, 2.24) is 9.97 Å². The molecule has 1 heterocycles. The predicted molar refractivity (Wildman–Crippen MR) is 68.3 cm³/mol. The first-order valence-electron chi connectivity index (χ1n) is 5.55. The summed E-state index contributed by atoms with van der Waals surface area (Å²) in [4.78, 5) is 9.12. The number of nitrogens with one attached hydrogen (secondary N) is 1. The van der Waals surface area contributed by atoms with Crippen molar-refractivity contribution in [1.29, 1.82) is 0 Å². The Balaban J connectivity index is 2.22. The molecule has 0 aliphatic carbocycles. The van der Waals surface area contributed by atoms with Crippen LogP contribution in [0.2, 0.25) is 0 Å². The normalized spacial score (nSPS) is 10.3. The van der Waals surface area contributed by atoms with Crippen molar-refractivity contribution in [3.8, 4) is 0 Å². The van der Waals surface area contributed by atoms with Crippen LogP contribution in [0, 0.1) is 11.6 Å². The molecule has 0 radical (unpaired) electrons. The molecule has 2 aromatic rings. The molecule has 100 valence electrons. The Hall–Kier alpha value is -2.28. The fraction of sp³-hybridized carbons (Fsp3) is 0.167. The van der Waals surface area contributed by atoms with E-state index in [2.05, 4.69) is 15.4 Å². The van der Waals surface area contributed by atoms with Crippen molar-refractivity contribution in [2.75, 3.05) is 17.4 Å². The van der Waals surface area contributed by atoms with E-state index >= 15 is 0 Å². The lowest BCUT2D eigenvalue weighted by Crippen LogP contribution is -2.21. The van der Waals surface area contributed by atoms with Gasteiger partial charge in [-0.05, 0) is 17.7 Å². The average Bonchev–Trinajstić information content (AvgIpc) is 2.39. The molecule has 3 N–H and O–H groups in total. The van der Waals surface area contributed by atoms with E-state index in [-0.39, 0.29) is 17.6 Å². The Kier molecular flexibility index (Phi) is 3.86. The number of nitrogen functional groups attached to an aromatic ring is 1. The summed E-state index contributed by atoms with van der Waals surface area (Å²) in [5.41, 5.74) is 2.96. The van der Waals surface area contributed by atoms with Crippen LogP contribution in [0.1, 0.15) is 5.56 Å². The quantitative estimate of drug-likeness (QED) is 0.650. The number of hydrogen-bond acceptors (Lipinski definition) is 5. The number of nitrogens with zero attached hydrogens (tertiary/aromatic N) is 3. The summed E-state index contributed by atoms with van der Waals surface area (Å²) < 4.78 is 26.7. The minimum Gasteiger partial charge on any atom is -0.353 e. The summed E-state index contributed by atoms with van der Waals surface area (Å²) in [6.45, 7) is 0.315. The van der Waals surface area contributed by atoms with Gasteiger partial charge in [-0.15, -0.1) is 0 Å². The number of aromatic nitrogens is 2. The van der Waals surface area contributed by atoms with E-state index in [0.717, 1.165) is 6.20 Å². The fourth-order valence-corrected chi connectivity index (χ4v) is 1.68. The van der Waals surface area contributed by atoms with Gasteiger partial charge in [0, 0.05) is 13.6 Å². The third-order valence-electron chi connectivity index (χ3n) is 2.53. The van der Waals surface area contributed by atoms with Gasteiger partial charge in [0.2, 0.25) is 5.95 Å². The molecule has 0 unspecified atom stereocenters. The van der Waals surface area contributed by atoms with Crippen molar-refractivity contribution in [3.05, 3.63) is 47.7 Å². The Labute approximate surface area is 109 Å². The third-order valence-corrected chi connectivity index (χ3v) is 2.53. The van der Waals surface area contributed by atoms with Gasteiger partial charge >= 0.3 is 0 Å². The van der Waals surface area contributed by atoms with Crippen molar-refractivity contribution in [2.45, 2.75) is 6.54 Å². The highest BCUT2D eigenvalue weighted by Crippen LogP contribution is 2.18. The molecule has 5 nitrogen and oxygen atoms in total. The van der Waals surface area contributed by atoms with Crippen LogP contribution < -0.4 is 16.2 Å². The van der Waals surface area contributed by atoms with E-state index in [9.17, 15) is 8.78 Å². The highest BCUT2D eigenvalue weighted by atomic mass is 19.1. The molecule has 1 aromatic heterocycles. The molecule has 0 spiro atoms. The smallest absolute Gasteiger partial charge is 0.239 e. The van der Waals surface area contributed by atoms with E-state index in [1.807, 2.05) is 0 Å². The van der Waals surface area contributed by atoms with Crippen LogP contribution in [-0.2, 0) is 6.54 Å². The summed E-state index contributed by atoms with van der Waals surface area (Å²) in [5.74, 6) is 4.47. The van der Waals surface area contributed by atoms with Gasteiger partial charge in [-0.2, -0.15) is 4.98 Å². The van der Waals surface area contributed by atoms with E-state index in [1.165, 1.54) is 12.1 Å². The van der Waals surface area contributed by atoms with Crippen molar-refractivity contribution < 1.29 is 8.78 Å². The number of nitrogens with two attached hydrogens (primary N) is 1. The maximum absolute atomic E-state index is 13.6. The maximum atomic E-state index is 13.6. The van der Waals surface area contributed by atoms with E-state index in [1.54, 1.807) is 24.1 Å². The molecule has 2 rings (SSSR count). The van der Waals surface area contributed by atoms with Gasteiger partial charge in [-0.3, -0.25) is 5.43 Å². The SMILES string of the molecule is CN(Cc1cccc(F)c1)c1nc(NN)ncc1F. The average molecular weight is 265 g/mol. The highest BCUT2D eigenvalue weighted by Gasteiger charge is 2.12. The van der Waals surface area contributed by atoms with Crippen LogP contribution >= 0.6 is 0 Å². The number of hydrazine groups is 1. The molecule has 19 heavy (non-hydrogen) atoms. The molecule has 0 atom stereocenters. The highest BCUT2D eigenvalue weighted by molar-refractivity contribution is 5.43. The zero-order chi connectivity index (χ0) is 13.8. The minimum atomic E-state index is -0.571. The summed E-state index contributed by atoms with van der Waals surface area (Å²) in [6.07, 6.45) is 1.03. The van der Waals surface area contributed by atoms with Gasteiger partial charge in [0.05, 0.1) is 6.20 Å². The first-order chi connectivity index (χ1) is 9.10. The van der Waals surface area contributed by atoms with Gasteiger partial charge in [0.15, 0.2) is 11.6 Å². The molecular weight excluding hydrogens is 252 g/mol. The van der Waals surface area contributed by atoms with Crippen LogP contribution in [-0.4, -0.2) is 17.0 Å². The summed E-state index contributed by atoms with van der Waals surface area (Å²) >= 11 is 0. The first kappa shape index (κ1) is 13.2. The minimum absolute atomic E-state index is 0.0900. The van der Waals surface area contributed by atoms with Crippen LogP contribution in [0.4, 0.5) is 20.5 Å². The zero-order valence-electron chi connectivity index (χ0n) is 10.3. The second-order valence-electron chi connectivity index (χ2n) is 4.00. The Morgan fingerprint density at radius 3 is 2.84 bits per heavy atom. The number of halogens is 2. The monoisotopic (exact) mass is 265 g/mol. The molecule has 1 aromatic carbocycles. The molecule has 0 bridgehead atoms. The van der Waals surface area contributed by atoms with Gasteiger partial charge < -0.3 is 4.90 Å². The standard InChI is InChI=1S/C12H13F2N5/c1-19(7-8-3-2-4-9(13)5-8)11-10(14)6-16-12(17-11)18-15/h2-6H,7,15H2,1H3,(H,16,17,18). The molecule has 0 saturated heterocycles. The fourth-order valence-electron chi connectivity index (χ4n) is 1.68. The van der Waals surface area contributed by atoms with E-state index in [4.69, 9.17) is 5.84 Å². The molecule has 0 aliphatic rings. The van der Waals surface area contributed by atoms with Gasteiger partial charge in [0.1, 0.15) is 5.82 Å². The number of anilines is 2. The van der Waals surface area contributed by atoms with Gasteiger partial charge in [-0.1, -0.05) is 12.1 Å². The van der Waals surface area contributed by atoms with Crippen LogP contribution in [0.3, 0.4) is 0 Å². The summed E-state index contributed by atoms with van der Waals surface area (Å²) in [6, 6.07) is 6.09. The summed E-state index contributed by atoms with van der Waals surface area (Å²) in [5, 5.41) is 0.